The monoisotopic (exact) mass is 309 g/mol. The van der Waals surface area contributed by atoms with Crippen molar-refractivity contribution in [2.24, 2.45) is 5.10 Å². The van der Waals surface area contributed by atoms with Gasteiger partial charge in [0.05, 0.1) is 0 Å². The quantitative estimate of drug-likeness (QED) is 0.948. The van der Waals surface area contributed by atoms with Gasteiger partial charge in [-0.1, -0.05) is 24.6 Å². The van der Waals surface area contributed by atoms with Gasteiger partial charge in [0.15, 0.2) is 5.72 Å². The molecule has 0 saturated heterocycles. The molecule has 0 radical (unpaired) electrons. The van der Waals surface area contributed by atoms with E-state index in [4.69, 9.17) is 0 Å². The number of pyridine rings is 1. The van der Waals surface area contributed by atoms with Crippen LogP contribution < -0.4 is 0 Å². The summed E-state index contributed by atoms with van der Waals surface area (Å²) in [5.74, 6) is -0.309. The molecule has 0 aliphatic carbocycles. The summed E-state index contributed by atoms with van der Waals surface area (Å²) in [6, 6.07) is 10.7. The minimum Gasteiger partial charge on any atom is -0.365 e. The zero-order valence-corrected chi connectivity index (χ0v) is 13.2. The van der Waals surface area contributed by atoms with E-state index in [1.807, 2.05) is 26.0 Å². The van der Waals surface area contributed by atoms with Crippen LogP contribution in [-0.4, -0.2) is 26.7 Å². The summed E-state index contributed by atoms with van der Waals surface area (Å²) >= 11 is 0. The third-order valence-corrected chi connectivity index (χ3v) is 4.05. The largest absolute Gasteiger partial charge is 0.365 e. The molecule has 5 heteroatoms. The van der Waals surface area contributed by atoms with Gasteiger partial charge >= 0.3 is 0 Å². The van der Waals surface area contributed by atoms with E-state index in [1.54, 1.807) is 36.7 Å². The van der Waals surface area contributed by atoms with Crippen molar-refractivity contribution >= 4 is 11.6 Å². The molecule has 1 aliphatic rings. The molecule has 1 aromatic heterocycles. The van der Waals surface area contributed by atoms with Crippen LogP contribution in [-0.2, 0) is 5.72 Å². The molecule has 1 amide bonds. The maximum atomic E-state index is 12.9. The van der Waals surface area contributed by atoms with Gasteiger partial charge in [-0.15, -0.1) is 0 Å². The zero-order chi connectivity index (χ0) is 16.4. The molecule has 1 N–H and O–H groups in total. The molecule has 2 heterocycles. The highest BCUT2D eigenvalue weighted by molar-refractivity contribution is 5.98. The Labute approximate surface area is 135 Å². The van der Waals surface area contributed by atoms with Crippen LogP contribution in [0.25, 0.3) is 0 Å². The molecule has 1 aliphatic heterocycles. The molecular formula is C18H19N3O2. The Morgan fingerprint density at radius 2 is 2.04 bits per heavy atom. The predicted molar refractivity (Wildman–Crippen MR) is 87.8 cm³/mol. The molecule has 23 heavy (non-hydrogen) atoms. The SMILES string of the molecule is CCC1=NN(C(=O)c2cccc(C)c2)[C@](O)(c2ccncc2)C1. The van der Waals surface area contributed by atoms with Crippen LogP contribution in [0.2, 0.25) is 0 Å². The fraction of sp³-hybridized carbons (Fsp3) is 0.278. The number of aryl methyl sites for hydroxylation is 1. The van der Waals surface area contributed by atoms with Crippen LogP contribution >= 0.6 is 0 Å². The number of carbonyl (C=O) groups is 1. The highest BCUT2D eigenvalue weighted by atomic mass is 16.3. The van der Waals surface area contributed by atoms with E-state index >= 15 is 0 Å². The van der Waals surface area contributed by atoms with Crippen molar-refractivity contribution in [1.29, 1.82) is 0 Å². The molecule has 2 aromatic rings. The molecular weight excluding hydrogens is 290 g/mol. The van der Waals surface area contributed by atoms with E-state index in [9.17, 15) is 9.90 Å². The minimum absolute atomic E-state index is 0.309. The van der Waals surface area contributed by atoms with Gasteiger partial charge in [-0.25, -0.2) is 0 Å². The maximum absolute atomic E-state index is 12.9. The van der Waals surface area contributed by atoms with Gasteiger partial charge in [-0.05, 0) is 37.6 Å². The number of hydrazone groups is 1. The molecule has 0 saturated carbocycles. The van der Waals surface area contributed by atoms with E-state index in [2.05, 4.69) is 10.1 Å². The highest BCUT2D eigenvalue weighted by Gasteiger charge is 2.45. The second kappa shape index (κ2) is 5.93. The number of nitrogens with zero attached hydrogens (tertiary/aromatic N) is 3. The molecule has 1 atom stereocenters. The summed E-state index contributed by atoms with van der Waals surface area (Å²) < 4.78 is 0. The van der Waals surface area contributed by atoms with Gasteiger partial charge in [0.2, 0.25) is 0 Å². The third kappa shape index (κ3) is 2.75. The lowest BCUT2D eigenvalue weighted by Crippen LogP contribution is -2.43. The van der Waals surface area contributed by atoms with Crippen LogP contribution in [0.3, 0.4) is 0 Å². The highest BCUT2D eigenvalue weighted by Crippen LogP contribution is 2.36. The number of aliphatic hydroxyl groups is 1. The molecule has 1 aromatic carbocycles. The first-order chi connectivity index (χ1) is 11.0. The number of aromatic nitrogens is 1. The topological polar surface area (TPSA) is 65.8 Å². The van der Waals surface area contributed by atoms with Crippen molar-refractivity contribution in [2.45, 2.75) is 32.4 Å². The average Bonchev–Trinajstić information content (AvgIpc) is 2.93. The maximum Gasteiger partial charge on any atom is 0.276 e. The Morgan fingerprint density at radius 3 is 2.70 bits per heavy atom. The Hall–Kier alpha value is -2.53. The number of benzene rings is 1. The summed E-state index contributed by atoms with van der Waals surface area (Å²) in [5, 5.41) is 16.8. The molecule has 0 unspecified atom stereocenters. The number of hydrogen-bond acceptors (Lipinski definition) is 4. The first-order valence-electron chi connectivity index (χ1n) is 7.65. The Kier molecular flexibility index (Phi) is 3.96. The van der Waals surface area contributed by atoms with Crippen LogP contribution in [0.15, 0.2) is 53.9 Å². The van der Waals surface area contributed by atoms with Gasteiger partial charge in [0, 0.05) is 35.7 Å². The van der Waals surface area contributed by atoms with E-state index in [0.717, 1.165) is 11.3 Å². The van der Waals surface area contributed by atoms with Gasteiger partial charge in [-0.2, -0.15) is 10.1 Å². The first kappa shape index (κ1) is 15.4. The second-order valence-electron chi connectivity index (χ2n) is 5.74. The summed E-state index contributed by atoms with van der Waals surface area (Å²) in [6.07, 6.45) is 4.20. The van der Waals surface area contributed by atoms with Crippen molar-refractivity contribution in [3.63, 3.8) is 0 Å². The van der Waals surface area contributed by atoms with Gasteiger partial charge < -0.3 is 5.11 Å². The third-order valence-electron chi connectivity index (χ3n) is 4.05. The first-order valence-corrected chi connectivity index (χ1v) is 7.65. The van der Waals surface area contributed by atoms with Gasteiger partial charge in [0.25, 0.3) is 5.91 Å². The molecule has 0 spiro atoms. The summed E-state index contributed by atoms with van der Waals surface area (Å²) in [4.78, 5) is 16.9. The lowest BCUT2D eigenvalue weighted by atomic mass is 9.97. The van der Waals surface area contributed by atoms with Crippen molar-refractivity contribution in [3.05, 3.63) is 65.5 Å². The normalized spacial score (nSPS) is 20.5. The Bertz CT molecular complexity index is 758. The Morgan fingerprint density at radius 1 is 1.30 bits per heavy atom. The fourth-order valence-corrected chi connectivity index (χ4v) is 2.77. The number of amides is 1. The molecule has 0 bridgehead atoms. The molecule has 118 valence electrons. The van der Waals surface area contributed by atoms with Gasteiger partial charge in [0.1, 0.15) is 0 Å². The molecule has 5 nitrogen and oxygen atoms in total. The van der Waals surface area contributed by atoms with Crippen LogP contribution in [0.5, 0.6) is 0 Å². The van der Waals surface area contributed by atoms with Crippen molar-refractivity contribution in [3.8, 4) is 0 Å². The van der Waals surface area contributed by atoms with Crippen molar-refractivity contribution in [1.82, 2.24) is 9.99 Å². The van der Waals surface area contributed by atoms with Crippen LogP contribution in [0.1, 0.15) is 41.3 Å². The van der Waals surface area contributed by atoms with E-state index in [1.165, 1.54) is 5.01 Å². The fourth-order valence-electron chi connectivity index (χ4n) is 2.77. The Balaban J connectivity index is 2.03. The number of carbonyl (C=O) groups excluding carboxylic acids is 1. The second-order valence-corrected chi connectivity index (χ2v) is 5.74. The van der Waals surface area contributed by atoms with Gasteiger partial charge in [-0.3, -0.25) is 9.78 Å². The zero-order valence-electron chi connectivity index (χ0n) is 13.2. The standard InChI is InChI=1S/C18H19N3O2/c1-3-16-12-18(23,15-7-9-19-10-8-15)21(20-16)17(22)14-6-4-5-13(2)11-14/h4-11,23H,3,12H2,1-2H3/t18-/m1/s1. The van der Waals surface area contributed by atoms with Crippen LogP contribution in [0, 0.1) is 6.92 Å². The van der Waals surface area contributed by atoms with Crippen molar-refractivity contribution < 1.29 is 9.90 Å². The van der Waals surface area contributed by atoms with E-state index in [-0.39, 0.29) is 5.91 Å². The minimum atomic E-state index is -1.46. The molecule has 3 rings (SSSR count). The van der Waals surface area contributed by atoms with E-state index < -0.39 is 5.72 Å². The van der Waals surface area contributed by atoms with E-state index in [0.29, 0.717) is 24.0 Å². The summed E-state index contributed by atoms with van der Waals surface area (Å²) in [7, 11) is 0. The number of hydrogen-bond donors (Lipinski definition) is 1. The summed E-state index contributed by atoms with van der Waals surface area (Å²) in [6.45, 7) is 3.89. The summed E-state index contributed by atoms with van der Waals surface area (Å²) in [5.41, 5.74) is 1.45. The lowest BCUT2D eigenvalue weighted by Gasteiger charge is -2.31. The lowest BCUT2D eigenvalue weighted by molar-refractivity contribution is -0.0766. The smallest absolute Gasteiger partial charge is 0.276 e. The average molecular weight is 309 g/mol. The van der Waals surface area contributed by atoms with Crippen molar-refractivity contribution in [2.75, 3.05) is 0 Å². The number of rotatable bonds is 3. The van der Waals surface area contributed by atoms with Crippen LogP contribution in [0.4, 0.5) is 0 Å². The predicted octanol–water partition coefficient (Wildman–Crippen LogP) is 2.85. The molecule has 0 fully saturated rings.